The Kier molecular flexibility index (Phi) is 1.62. The van der Waals surface area contributed by atoms with Crippen LogP contribution >= 0.6 is 0 Å². The highest BCUT2D eigenvalue weighted by atomic mass is 15.0. The zero-order valence-corrected chi connectivity index (χ0v) is 9.32. The van der Waals surface area contributed by atoms with E-state index in [1.165, 1.54) is 42.5 Å². The first kappa shape index (κ1) is 8.63. The number of aryl methyl sites for hydroxylation is 2. The van der Waals surface area contributed by atoms with Crippen LogP contribution in [0.1, 0.15) is 30.0 Å². The molecule has 16 heavy (non-hydrogen) atoms. The second-order valence-electron chi connectivity index (χ2n) is 4.99. The summed E-state index contributed by atoms with van der Waals surface area (Å²) in [5, 5.41) is 0. The lowest BCUT2D eigenvalue weighted by Crippen LogP contribution is -2.06. The highest BCUT2D eigenvalue weighted by molar-refractivity contribution is 5.70. The van der Waals surface area contributed by atoms with Crippen molar-refractivity contribution in [3.63, 3.8) is 0 Å². The molecule has 1 fully saturated rings. The molecule has 0 bridgehead atoms. The van der Waals surface area contributed by atoms with Crippen molar-refractivity contribution < 1.29 is 0 Å². The van der Waals surface area contributed by atoms with Gasteiger partial charge in [0.2, 0.25) is 0 Å². The lowest BCUT2D eigenvalue weighted by molar-refractivity contribution is 0.747. The molecule has 1 heteroatoms. The van der Waals surface area contributed by atoms with Gasteiger partial charge in [-0.1, -0.05) is 24.3 Å². The van der Waals surface area contributed by atoms with Gasteiger partial charge in [0.15, 0.2) is 0 Å². The van der Waals surface area contributed by atoms with E-state index in [2.05, 4.69) is 41.1 Å². The van der Waals surface area contributed by atoms with Crippen LogP contribution in [-0.4, -0.2) is 4.57 Å². The third-order valence-electron chi connectivity index (χ3n) is 3.88. The Bertz CT molecular complexity index is 546. The Labute approximate surface area is 95.7 Å². The Balaban J connectivity index is 1.97. The number of hydrogen-bond donors (Lipinski definition) is 0. The van der Waals surface area contributed by atoms with Crippen molar-refractivity contribution in [3.05, 3.63) is 47.7 Å². The number of aromatic nitrogens is 1. The molecule has 0 unspecified atom stereocenters. The first-order valence-electron chi connectivity index (χ1n) is 6.21. The fourth-order valence-corrected chi connectivity index (χ4v) is 2.90. The highest BCUT2D eigenvalue weighted by Crippen LogP contribution is 2.42. The van der Waals surface area contributed by atoms with E-state index in [0.29, 0.717) is 0 Å². The predicted octanol–water partition coefficient (Wildman–Crippen LogP) is 3.59. The van der Waals surface area contributed by atoms with E-state index in [0.717, 1.165) is 6.04 Å². The second-order valence-corrected chi connectivity index (χ2v) is 4.99. The standard InChI is InChI=1S/C15H15N/c1-2-4-14-11(3-1)5-6-12-9-10-16(15(12)14)13-7-8-13/h1-4,9-10,13H,5-8H2. The van der Waals surface area contributed by atoms with Crippen molar-refractivity contribution in [2.75, 3.05) is 0 Å². The molecule has 1 aromatic carbocycles. The van der Waals surface area contributed by atoms with Crippen LogP contribution < -0.4 is 0 Å². The minimum Gasteiger partial charge on any atom is -0.344 e. The van der Waals surface area contributed by atoms with Crippen molar-refractivity contribution in [1.82, 2.24) is 4.57 Å². The lowest BCUT2D eigenvalue weighted by Gasteiger charge is -2.19. The van der Waals surface area contributed by atoms with Crippen molar-refractivity contribution in [2.45, 2.75) is 31.7 Å². The van der Waals surface area contributed by atoms with E-state index < -0.39 is 0 Å². The molecule has 0 N–H and O–H groups in total. The van der Waals surface area contributed by atoms with Crippen molar-refractivity contribution in [2.24, 2.45) is 0 Å². The fraction of sp³-hybridized carbons (Fsp3) is 0.333. The van der Waals surface area contributed by atoms with Gasteiger partial charge >= 0.3 is 0 Å². The SMILES string of the molecule is c1ccc2c(c1)CCc1ccn(C3CC3)c1-2. The summed E-state index contributed by atoms with van der Waals surface area (Å²) in [5.74, 6) is 0. The van der Waals surface area contributed by atoms with E-state index in [1.807, 2.05) is 0 Å². The zero-order valence-electron chi connectivity index (χ0n) is 9.32. The molecule has 80 valence electrons. The lowest BCUT2D eigenvalue weighted by atomic mass is 9.90. The molecule has 2 aliphatic carbocycles. The second kappa shape index (κ2) is 3.00. The summed E-state index contributed by atoms with van der Waals surface area (Å²) in [5.41, 5.74) is 6.05. The van der Waals surface area contributed by atoms with Crippen LogP contribution in [0.15, 0.2) is 36.5 Å². The molecule has 2 aromatic rings. The molecule has 0 amide bonds. The van der Waals surface area contributed by atoms with Gasteiger partial charge in [-0.3, -0.25) is 0 Å². The Morgan fingerprint density at radius 1 is 0.938 bits per heavy atom. The maximum Gasteiger partial charge on any atom is 0.0518 e. The molecule has 0 spiro atoms. The van der Waals surface area contributed by atoms with Gasteiger partial charge in [0.1, 0.15) is 0 Å². The van der Waals surface area contributed by atoms with E-state index >= 15 is 0 Å². The fourth-order valence-electron chi connectivity index (χ4n) is 2.90. The average molecular weight is 209 g/mol. The smallest absolute Gasteiger partial charge is 0.0518 e. The quantitative estimate of drug-likeness (QED) is 0.676. The van der Waals surface area contributed by atoms with Gasteiger partial charge in [-0.25, -0.2) is 0 Å². The maximum absolute atomic E-state index is 2.51. The molecule has 0 aliphatic heterocycles. The van der Waals surface area contributed by atoms with E-state index in [9.17, 15) is 0 Å². The summed E-state index contributed by atoms with van der Waals surface area (Å²) < 4.78 is 2.51. The van der Waals surface area contributed by atoms with Gasteiger partial charge in [0.05, 0.1) is 5.69 Å². The summed E-state index contributed by atoms with van der Waals surface area (Å²) in [6.45, 7) is 0. The summed E-state index contributed by atoms with van der Waals surface area (Å²) in [4.78, 5) is 0. The van der Waals surface area contributed by atoms with Gasteiger partial charge in [0.25, 0.3) is 0 Å². The molecular weight excluding hydrogens is 194 g/mol. The molecule has 0 saturated heterocycles. The topological polar surface area (TPSA) is 4.93 Å². The molecule has 1 aromatic heterocycles. The van der Waals surface area contributed by atoms with Gasteiger partial charge in [0, 0.05) is 17.8 Å². The van der Waals surface area contributed by atoms with E-state index in [1.54, 1.807) is 5.56 Å². The number of benzene rings is 1. The first-order valence-corrected chi connectivity index (χ1v) is 6.21. The molecule has 0 atom stereocenters. The first-order chi connectivity index (χ1) is 7.93. The monoisotopic (exact) mass is 209 g/mol. The molecule has 1 heterocycles. The van der Waals surface area contributed by atoms with E-state index in [4.69, 9.17) is 0 Å². The third kappa shape index (κ3) is 1.12. The molecule has 2 aliphatic rings. The molecule has 1 nitrogen and oxygen atoms in total. The van der Waals surface area contributed by atoms with Crippen LogP contribution in [0, 0.1) is 0 Å². The Morgan fingerprint density at radius 3 is 2.62 bits per heavy atom. The van der Waals surface area contributed by atoms with Gasteiger partial charge in [-0.2, -0.15) is 0 Å². The van der Waals surface area contributed by atoms with E-state index in [-0.39, 0.29) is 0 Å². The average Bonchev–Trinajstić information content (AvgIpc) is 3.08. The normalized spacial score (nSPS) is 18.0. The highest BCUT2D eigenvalue weighted by Gasteiger charge is 2.28. The van der Waals surface area contributed by atoms with Crippen LogP contribution in [0.2, 0.25) is 0 Å². The predicted molar refractivity (Wildman–Crippen MR) is 65.5 cm³/mol. The van der Waals surface area contributed by atoms with Crippen LogP contribution in [0.4, 0.5) is 0 Å². The van der Waals surface area contributed by atoms with Crippen LogP contribution in [0.5, 0.6) is 0 Å². The maximum atomic E-state index is 2.51. The summed E-state index contributed by atoms with van der Waals surface area (Å²) in [7, 11) is 0. The number of nitrogens with zero attached hydrogens (tertiary/aromatic N) is 1. The Hall–Kier alpha value is -1.50. The zero-order chi connectivity index (χ0) is 10.5. The number of hydrogen-bond acceptors (Lipinski definition) is 0. The summed E-state index contributed by atoms with van der Waals surface area (Å²) in [6.07, 6.45) is 7.45. The summed E-state index contributed by atoms with van der Waals surface area (Å²) >= 11 is 0. The minimum atomic E-state index is 0.787. The number of fused-ring (bicyclic) bond motifs is 3. The molecule has 4 rings (SSSR count). The minimum absolute atomic E-state index is 0.787. The van der Waals surface area contributed by atoms with Crippen LogP contribution in [-0.2, 0) is 12.8 Å². The molecule has 0 radical (unpaired) electrons. The largest absolute Gasteiger partial charge is 0.344 e. The number of rotatable bonds is 1. The van der Waals surface area contributed by atoms with Crippen molar-refractivity contribution in [1.29, 1.82) is 0 Å². The van der Waals surface area contributed by atoms with Gasteiger partial charge < -0.3 is 4.57 Å². The summed E-state index contributed by atoms with van der Waals surface area (Å²) in [6, 6.07) is 12.0. The van der Waals surface area contributed by atoms with Gasteiger partial charge in [-0.05, 0) is 42.9 Å². The molecular formula is C15H15N. The van der Waals surface area contributed by atoms with Crippen molar-refractivity contribution in [3.8, 4) is 11.3 Å². The van der Waals surface area contributed by atoms with Crippen molar-refractivity contribution >= 4 is 0 Å². The third-order valence-corrected chi connectivity index (χ3v) is 3.88. The molecule has 1 saturated carbocycles. The Morgan fingerprint density at radius 2 is 1.75 bits per heavy atom. The van der Waals surface area contributed by atoms with Crippen LogP contribution in [0.25, 0.3) is 11.3 Å². The van der Waals surface area contributed by atoms with Gasteiger partial charge in [-0.15, -0.1) is 0 Å². The van der Waals surface area contributed by atoms with Crippen LogP contribution in [0.3, 0.4) is 0 Å².